The first-order valence-corrected chi connectivity index (χ1v) is 12.3. The van der Waals surface area contributed by atoms with Crippen molar-refractivity contribution in [2.75, 3.05) is 6.61 Å². The van der Waals surface area contributed by atoms with E-state index in [2.05, 4.69) is 0 Å². The number of benzene rings is 3. The van der Waals surface area contributed by atoms with Crippen LogP contribution in [0.1, 0.15) is 66.9 Å². The molecule has 0 spiro atoms. The van der Waals surface area contributed by atoms with Gasteiger partial charge in [-0.15, -0.1) is 0 Å². The molecule has 0 heterocycles. The van der Waals surface area contributed by atoms with Gasteiger partial charge in [0.1, 0.15) is 17.7 Å². The molecule has 0 amide bonds. The summed E-state index contributed by atoms with van der Waals surface area (Å²) in [6.07, 6.45) is 5.65. The van der Waals surface area contributed by atoms with Gasteiger partial charge >= 0.3 is 5.97 Å². The topological polar surface area (TPSA) is 35.5 Å². The third kappa shape index (κ3) is 5.64. The van der Waals surface area contributed by atoms with Crippen molar-refractivity contribution in [3.63, 3.8) is 0 Å². The zero-order valence-electron chi connectivity index (χ0n) is 20.4. The highest BCUT2D eigenvalue weighted by atomic mass is 19.2. The Balaban J connectivity index is 1.39. The van der Waals surface area contributed by atoms with Crippen LogP contribution in [0.3, 0.4) is 0 Å². The van der Waals surface area contributed by atoms with Crippen LogP contribution in [0.2, 0.25) is 0 Å². The summed E-state index contributed by atoms with van der Waals surface area (Å²) in [6, 6.07) is 14.6. The number of esters is 1. The van der Waals surface area contributed by atoms with E-state index >= 15 is 0 Å². The summed E-state index contributed by atoms with van der Waals surface area (Å²) in [4.78, 5) is 12.6. The van der Waals surface area contributed by atoms with Gasteiger partial charge in [-0.25, -0.2) is 18.0 Å². The van der Waals surface area contributed by atoms with E-state index in [1.165, 1.54) is 18.2 Å². The van der Waals surface area contributed by atoms with Crippen LogP contribution < -0.4 is 4.74 Å². The highest BCUT2D eigenvalue weighted by Gasteiger charge is 2.28. The van der Waals surface area contributed by atoms with E-state index in [4.69, 9.17) is 9.47 Å². The van der Waals surface area contributed by atoms with Gasteiger partial charge < -0.3 is 9.47 Å². The number of rotatable bonds is 7. The molecule has 0 saturated heterocycles. The van der Waals surface area contributed by atoms with Gasteiger partial charge in [0, 0.05) is 11.6 Å². The van der Waals surface area contributed by atoms with Crippen LogP contribution in [0.25, 0.3) is 17.2 Å². The molecule has 0 radical (unpaired) electrons. The summed E-state index contributed by atoms with van der Waals surface area (Å²) in [5.41, 5.74) is 1.72. The van der Waals surface area contributed by atoms with Gasteiger partial charge in [0.25, 0.3) is 0 Å². The smallest absolute Gasteiger partial charge is 0.341 e. The molecule has 1 aliphatic carbocycles. The molecular formula is C30H29F3O3. The third-order valence-electron chi connectivity index (χ3n) is 6.55. The SMILES string of the molecule is CC=Cc1ccc(-c2ccc(C(=O)OC3CCC(c4ccc(OCC)cc4F)CC3)c(F)c2F)cc1. The Bertz CT molecular complexity index is 1240. The minimum atomic E-state index is -1.22. The van der Waals surface area contributed by atoms with Crippen LogP contribution in [-0.2, 0) is 4.74 Å². The van der Waals surface area contributed by atoms with E-state index in [9.17, 15) is 18.0 Å². The molecule has 188 valence electrons. The van der Waals surface area contributed by atoms with Crippen molar-refractivity contribution in [3.8, 4) is 16.9 Å². The van der Waals surface area contributed by atoms with Gasteiger partial charge in [-0.1, -0.05) is 48.6 Å². The maximum atomic E-state index is 14.8. The number of carbonyl (C=O) groups excluding carboxylic acids is 1. The Morgan fingerprint density at radius 3 is 2.31 bits per heavy atom. The molecule has 36 heavy (non-hydrogen) atoms. The highest BCUT2D eigenvalue weighted by Crippen LogP contribution is 2.37. The minimum Gasteiger partial charge on any atom is -0.494 e. The van der Waals surface area contributed by atoms with Crippen LogP contribution in [0.15, 0.2) is 60.7 Å². The molecule has 0 aliphatic heterocycles. The molecule has 1 saturated carbocycles. The van der Waals surface area contributed by atoms with Crippen LogP contribution in [0, 0.1) is 17.5 Å². The molecule has 0 unspecified atom stereocenters. The van der Waals surface area contributed by atoms with Crippen LogP contribution in [0.5, 0.6) is 5.75 Å². The number of allylic oxidation sites excluding steroid dienone is 1. The van der Waals surface area contributed by atoms with Gasteiger partial charge in [0.05, 0.1) is 12.2 Å². The van der Waals surface area contributed by atoms with Crippen molar-refractivity contribution in [2.24, 2.45) is 0 Å². The van der Waals surface area contributed by atoms with E-state index in [1.54, 1.807) is 24.3 Å². The van der Waals surface area contributed by atoms with Crippen molar-refractivity contribution in [2.45, 2.75) is 51.6 Å². The quantitative estimate of drug-likeness (QED) is 0.312. The molecule has 6 heteroatoms. The first-order chi connectivity index (χ1) is 17.4. The van der Waals surface area contributed by atoms with Crippen molar-refractivity contribution in [1.29, 1.82) is 0 Å². The lowest BCUT2D eigenvalue weighted by atomic mass is 9.82. The van der Waals surface area contributed by atoms with Gasteiger partial charge in [0.15, 0.2) is 11.6 Å². The first kappa shape index (κ1) is 25.5. The molecule has 3 aromatic carbocycles. The minimum absolute atomic E-state index is 0.00305. The lowest BCUT2D eigenvalue weighted by molar-refractivity contribution is 0.0188. The lowest BCUT2D eigenvalue weighted by Gasteiger charge is -2.29. The standard InChI is InChI=1S/C30H29F3O3/c1-3-5-19-6-8-21(9-7-19)25-16-17-26(29(33)28(25)32)30(34)36-22-12-10-20(11-13-22)24-15-14-23(35-4-2)18-27(24)31/h3,5-9,14-18,20,22H,4,10-13H2,1-2H3. The van der Waals surface area contributed by atoms with Crippen molar-refractivity contribution >= 4 is 12.0 Å². The molecule has 0 aromatic heterocycles. The Hall–Kier alpha value is -3.54. The molecule has 0 bridgehead atoms. The number of hydrogen-bond donors (Lipinski definition) is 0. The largest absolute Gasteiger partial charge is 0.494 e. The summed E-state index contributed by atoms with van der Waals surface area (Å²) in [7, 11) is 0. The fraction of sp³-hybridized carbons (Fsp3) is 0.300. The first-order valence-electron chi connectivity index (χ1n) is 12.3. The second-order valence-electron chi connectivity index (χ2n) is 8.91. The van der Waals surface area contributed by atoms with Crippen LogP contribution >= 0.6 is 0 Å². The predicted octanol–water partition coefficient (Wildman–Crippen LogP) is 8.09. The maximum absolute atomic E-state index is 14.8. The number of carbonyl (C=O) groups is 1. The molecule has 4 rings (SSSR count). The van der Waals surface area contributed by atoms with E-state index in [0.717, 1.165) is 5.56 Å². The van der Waals surface area contributed by atoms with Crippen molar-refractivity contribution in [1.82, 2.24) is 0 Å². The van der Waals surface area contributed by atoms with E-state index in [1.807, 2.05) is 38.1 Å². The molecule has 0 N–H and O–H groups in total. The zero-order valence-corrected chi connectivity index (χ0v) is 20.4. The van der Waals surface area contributed by atoms with Crippen LogP contribution in [-0.4, -0.2) is 18.7 Å². The van der Waals surface area contributed by atoms with Gasteiger partial charge in [0.2, 0.25) is 0 Å². The highest BCUT2D eigenvalue weighted by molar-refractivity contribution is 5.90. The zero-order chi connectivity index (χ0) is 25.7. The summed E-state index contributed by atoms with van der Waals surface area (Å²) in [5.74, 6) is -3.01. The number of halogens is 3. The van der Waals surface area contributed by atoms with Crippen molar-refractivity contribution in [3.05, 3.63) is 94.8 Å². The van der Waals surface area contributed by atoms with E-state index in [-0.39, 0.29) is 17.3 Å². The van der Waals surface area contributed by atoms with E-state index < -0.39 is 29.3 Å². The average molecular weight is 495 g/mol. The molecule has 1 aliphatic rings. The Kier molecular flexibility index (Phi) is 8.14. The predicted molar refractivity (Wildman–Crippen MR) is 134 cm³/mol. The van der Waals surface area contributed by atoms with Gasteiger partial charge in [-0.2, -0.15) is 0 Å². The van der Waals surface area contributed by atoms with Gasteiger partial charge in [-0.3, -0.25) is 0 Å². The Morgan fingerprint density at radius 2 is 1.67 bits per heavy atom. The average Bonchev–Trinajstić information content (AvgIpc) is 2.87. The normalized spacial score (nSPS) is 17.8. The molecular weight excluding hydrogens is 465 g/mol. The second kappa shape index (κ2) is 11.5. The summed E-state index contributed by atoms with van der Waals surface area (Å²) in [5, 5.41) is 0. The summed E-state index contributed by atoms with van der Waals surface area (Å²) in [6.45, 7) is 4.20. The third-order valence-corrected chi connectivity index (χ3v) is 6.55. The van der Waals surface area contributed by atoms with Crippen LogP contribution in [0.4, 0.5) is 13.2 Å². The van der Waals surface area contributed by atoms with Crippen molar-refractivity contribution < 1.29 is 27.4 Å². The Labute approximate surface area is 209 Å². The Morgan fingerprint density at radius 1 is 0.944 bits per heavy atom. The summed E-state index contributed by atoms with van der Waals surface area (Å²) >= 11 is 0. The maximum Gasteiger partial charge on any atom is 0.341 e. The van der Waals surface area contributed by atoms with E-state index in [0.29, 0.717) is 49.2 Å². The summed E-state index contributed by atoms with van der Waals surface area (Å²) < 4.78 is 55.0. The molecule has 3 aromatic rings. The molecule has 0 atom stereocenters. The fourth-order valence-electron chi connectivity index (χ4n) is 4.70. The fourth-order valence-corrected chi connectivity index (χ4v) is 4.70. The number of hydrogen-bond acceptors (Lipinski definition) is 3. The monoisotopic (exact) mass is 494 g/mol. The van der Waals surface area contributed by atoms with Gasteiger partial charge in [-0.05, 0) is 74.3 Å². The molecule has 3 nitrogen and oxygen atoms in total. The lowest BCUT2D eigenvalue weighted by Crippen LogP contribution is -2.25. The number of ether oxygens (including phenoxy) is 2. The molecule has 1 fully saturated rings. The second-order valence-corrected chi connectivity index (χ2v) is 8.91.